The summed E-state index contributed by atoms with van der Waals surface area (Å²) in [5.74, 6) is -0.766. The second-order valence-electron chi connectivity index (χ2n) is 16.2. The maximum atomic E-state index is 13.2. The third-order valence-electron chi connectivity index (χ3n) is 10.8. The van der Waals surface area contributed by atoms with E-state index in [1.165, 1.54) is 6.33 Å². The quantitative estimate of drug-likeness (QED) is 0.0611. The standard InChI is InChI=1S/C41H50N5O8PSi/c1-25(2)36(47)44-39-43-35-32(37(48)45-39)42-24-46(35)38-34(54-56(8,9)40(5,6)7)33(53-55(49)50)31(52-38)23-51-41(28-13-11-10-12-14-28,29-19-15-26(3)16-20-29)30-21-17-27(4)18-22-30/h10-22,24-25,31,33-34,38H,23H2,1-9H3,(H2-,43,44,45,47,48,49,50)/p+1/t31-,33?,34+,38-/m1/s1. The lowest BCUT2D eigenvalue weighted by Gasteiger charge is -2.40. The van der Waals surface area contributed by atoms with Crippen LogP contribution in [0.1, 0.15) is 68.7 Å². The largest absolute Gasteiger partial charge is 0.695 e. The number of aromatic amines is 1. The second-order valence-corrected chi connectivity index (χ2v) is 21.6. The van der Waals surface area contributed by atoms with E-state index in [-0.39, 0.29) is 40.6 Å². The lowest BCUT2D eigenvalue weighted by Crippen LogP contribution is -2.49. The predicted molar refractivity (Wildman–Crippen MR) is 217 cm³/mol. The number of amides is 1. The first-order chi connectivity index (χ1) is 26.4. The first-order valence-corrected chi connectivity index (χ1v) is 22.7. The fourth-order valence-corrected chi connectivity index (χ4v) is 8.33. The van der Waals surface area contributed by atoms with Gasteiger partial charge in [0.15, 0.2) is 31.8 Å². The van der Waals surface area contributed by atoms with E-state index < -0.39 is 52.3 Å². The molecule has 3 aromatic carbocycles. The number of nitrogens with one attached hydrogen (secondary N) is 2. The summed E-state index contributed by atoms with van der Waals surface area (Å²) in [6.07, 6.45) is -2.70. The maximum Gasteiger partial charge on any atom is 0.695 e. The number of imidazole rings is 1. The van der Waals surface area contributed by atoms with Gasteiger partial charge < -0.3 is 13.9 Å². The zero-order chi connectivity index (χ0) is 40.6. The Bertz CT molecular complexity index is 2190. The van der Waals surface area contributed by atoms with Crippen molar-refractivity contribution in [1.29, 1.82) is 0 Å². The minimum Gasteiger partial charge on any atom is -0.406 e. The summed E-state index contributed by atoms with van der Waals surface area (Å²) >= 11 is 0. The van der Waals surface area contributed by atoms with Crippen LogP contribution in [0.2, 0.25) is 18.1 Å². The van der Waals surface area contributed by atoms with Gasteiger partial charge >= 0.3 is 8.25 Å². The third-order valence-corrected chi connectivity index (χ3v) is 15.7. The lowest BCUT2D eigenvalue weighted by molar-refractivity contribution is -0.118. The molecule has 1 saturated heterocycles. The number of hydrogen-bond acceptors (Lipinski definition) is 9. The number of H-pyrrole nitrogens is 1. The summed E-state index contributed by atoms with van der Waals surface area (Å²) in [6.45, 7) is 17.8. The summed E-state index contributed by atoms with van der Waals surface area (Å²) in [4.78, 5) is 47.7. The van der Waals surface area contributed by atoms with Crippen LogP contribution in [0.4, 0.5) is 5.95 Å². The van der Waals surface area contributed by atoms with Crippen LogP contribution in [0.25, 0.3) is 11.2 Å². The van der Waals surface area contributed by atoms with Crippen molar-refractivity contribution in [3.63, 3.8) is 0 Å². The van der Waals surface area contributed by atoms with Crippen molar-refractivity contribution in [1.82, 2.24) is 19.5 Å². The molecule has 1 amide bonds. The van der Waals surface area contributed by atoms with E-state index in [9.17, 15) is 19.0 Å². The molecule has 5 atom stereocenters. The minimum absolute atomic E-state index is 0.00876. The van der Waals surface area contributed by atoms with Crippen LogP contribution < -0.4 is 10.9 Å². The monoisotopic (exact) mass is 800 g/mol. The highest BCUT2D eigenvalue weighted by atomic mass is 31.1. The molecule has 2 unspecified atom stereocenters. The first kappa shape index (κ1) is 41.2. The molecule has 15 heteroatoms. The molecule has 0 saturated carbocycles. The fourth-order valence-electron chi connectivity index (χ4n) is 6.58. The molecule has 1 fully saturated rings. The number of ether oxygens (including phenoxy) is 2. The van der Waals surface area contributed by atoms with Gasteiger partial charge in [-0.3, -0.25) is 24.5 Å². The number of rotatable bonds is 13. The average molecular weight is 801 g/mol. The van der Waals surface area contributed by atoms with Crippen molar-refractivity contribution in [3.05, 3.63) is 123 Å². The van der Waals surface area contributed by atoms with E-state index in [4.69, 9.17) is 18.4 Å². The predicted octanol–water partition coefficient (Wildman–Crippen LogP) is 7.66. The maximum absolute atomic E-state index is 13.2. The molecular formula is C41H51N5O8PSi+. The number of nitrogens with zero attached hydrogens (tertiary/aromatic N) is 3. The van der Waals surface area contributed by atoms with Gasteiger partial charge in [-0.15, -0.1) is 9.42 Å². The van der Waals surface area contributed by atoms with Crippen LogP contribution in [0.3, 0.4) is 0 Å². The van der Waals surface area contributed by atoms with Crippen molar-refractivity contribution < 1.29 is 32.7 Å². The molecular weight excluding hydrogens is 750 g/mol. The highest BCUT2D eigenvalue weighted by Gasteiger charge is 2.56. The van der Waals surface area contributed by atoms with E-state index in [0.717, 1.165) is 27.8 Å². The molecule has 1 aliphatic heterocycles. The Morgan fingerprint density at radius 3 is 2.07 bits per heavy atom. The smallest absolute Gasteiger partial charge is 0.406 e. The molecule has 56 heavy (non-hydrogen) atoms. The highest BCUT2D eigenvalue weighted by Crippen LogP contribution is 2.46. The molecule has 1 aliphatic rings. The first-order valence-electron chi connectivity index (χ1n) is 18.7. The van der Waals surface area contributed by atoms with Crippen molar-refractivity contribution in [2.24, 2.45) is 5.92 Å². The number of carbonyl (C=O) groups excluding carboxylic acids is 1. The van der Waals surface area contributed by atoms with E-state index in [1.54, 1.807) is 18.4 Å². The van der Waals surface area contributed by atoms with Gasteiger partial charge in [-0.25, -0.2) is 4.98 Å². The summed E-state index contributed by atoms with van der Waals surface area (Å²) < 4.78 is 41.1. The van der Waals surface area contributed by atoms with Gasteiger partial charge in [0.2, 0.25) is 11.9 Å². The molecule has 2 aromatic heterocycles. The van der Waals surface area contributed by atoms with E-state index in [2.05, 4.69) is 54.1 Å². The molecule has 0 spiro atoms. The zero-order valence-electron chi connectivity index (χ0n) is 33.3. The van der Waals surface area contributed by atoms with Gasteiger partial charge in [-0.1, -0.05) is 125 Å². The number of aromatic nitrogens is 4. The van der Waals surface area contributed by atoms with Crippen molar-refractivity contribution in [3.8, 4) is 0 Å². The van der Waals surface area contributed by atoms with Gasteiger partial charge in [-0.05, 0) is 48.7 Å². The fraction of sp³-hybridized carbons (Fsp3) is 0.415. The summed E-state index contributed by atoms with van der Waals surface area (Å²) in [6, 6.07) is 26.2. The Kier molecular flexibility index (Phi) is 11.9. The van der Waals surface area contributed by atoms with Crippen LogP contribution in [-0.2, 0) is 33.4 Å². The zero-order valence-corrected chi connectivity index (χ0v) is 35.2. The number of carbonyl (C=O) groups is 1. The number of benzene rings is 3. The van der Waals surface area contributed by atoms with Crippen LogP contribution in [0.5, 0.6) is 0 Å². The Balaban J connectivity index is 1.49. The van der Waals surface area contributed by atoms with Gasteiger partial charge in [0, 0.05) is 10.5 Å². The van der Waals surface area contributed by atoms with Gasteiger partial charge in [0.05, 0.1) is 12.9 Å². The number of hydrogen-bond donors (Lipinski definition) is 3. The molecule has 0 radical (unpaired) electrons. The Morgan fingerprint density at radius 1 is 0.964 bits per heavy atom. The van der Waals surface area contributed by atoms with Crippen molar-refractivity contribution >= 4 is 39.6 Å². The Morgan fingerprint density at radius 2 is 1.54 bits per heavy atom. The Hall–Kier alpha value is -4.40. The molecule has 0 bridgehead atoms. The summed E-state index contributed by atoms with van der Waals surface area (Å²) in [7, 11) is -5.80. The highest BCUT2D eigenvalue weighted by molar-refractivity contribution is 7.32. The van der Waals surface area contributed by atoms with Crippen molar-refractivity contribution in [2.75, 3.05) is 11.9 Å². The topological polar surface area (TPSA) is 167 Å². The average Bonchev–Trinajstić information content (AvgIpc) is 3.70. The third kappa shape index (κ3) is 8.33. The summed E-state index contributed by atoms with van der Waals surface area (Å²) in [5, 5.41) is 2.38. The molecule has 3 heterocycles. The minimum atomic E-state index is -3.14. The lowest BCUT2D eigenvalue weighted by atomic mass is 9.79. The van der Waals surface area contributed by atoms with Gasteiger partial charge in [0.1, 0.15) is 17.8 Å². The number of anilines is 1. The van der Waals surface area contributed by atoms with Crippen molar-refractivity contribution in [2.45, 2.75) is 96.7 Å². The van der Waals surface area contributed by atoms with Gasteiger partial charge in [0.25, 0.3) is 5.56 Å². The molecule has 0 aliphatic carbocycles. The molecule has 296 valence electrons. The number of aryl methyl sites for hydroxylation is 2. The van der Waals surface area contributed by atoms with Crippen LogP contribution in [0.15, 0.2) is 90.0 Å². The SMILES string of the molecule is Cc1ccc(C(OC[C@H]2O[C@@H](n3cnc4c(=O)[nH]c(NC(=O)C(C)C)nc43)[C@@H](O[Si](C)(C)C(C)(C)C)C2O[P+](=O)O)(c2ccccc2)c2ccc(C)cc2)cc1. The van der Waals surface area contributed by atoms with Crippen LogP contribution in [0, 0.1) is 19.8 Å². The molecule has 6 rings (SSSR count). The van der Waals surface area contributed by atoms with Crippen LogP contribution in [-0.4, -0.2) is 63.6 Å². The molecule has 13 nitrogen and oxygen atoms in total. The summed E-state index contributed by atoms with van der Waals surface area (Å²) in [5.41, 5.74) is 3.18. The van der Waals surface area contributed by atoms with Gasteiger partial charge in [-0.2, -0.15) is 4.98 Å². The second kappa shape index (κ2) is 16.2. The molecule has 3 N–H and O–H groups in total. The Labute approximate surface area is 328 Å². The van der Waals surface area contributed by atoms with E-state index in [1.807, 2.05) is 92.7 Å². The molecule has 5 aromatic rings. The normalized spacial score (nSPS) is 19.4. The van der Waals surface area contributed by atoms with E-state index in [0.29, 0.717) is 0 Å². The number of fused-ring (bicyclic) bond motifs is 1. The van der Waals surface area contributed by atoms with Crippen LogP contribution >= 0.6 is 8.25 Å². The van der Waals surface area contributed by atoms with E-state index >= 15 is 0 Å².